The summed E-state index contributed by atoms with van der Waals surface area (Å²) in [6, 6.07) is 5.97. The number of halogens is 1. The van der Waals surface area contributed by atoms with Crippen molar-refractivity contribution in [2.75, 3.05) is 0 Å². The van der Waals surface area contributed by atoms with Gasteiger partial charge in [-0.05, 0) is 42.5 Å². The highest BCUT2D eigenvalue weighted by molar-refractivity contribution is 5.82. The first-order valence-corrected chi connectivity index (χ1v) is 8.63. The smallest absolute Gasteiger partial charge is 0.265 e. The van der Waals surface area contributed by atoms with Crippen LogP contribution in [0.3, 0.4) is 0 Å². The van der Waals surface area contributed by atoms with Gasteiger partial charge >= 0.3 is 0 Å². The molecule has 1 aromatic carbocycles. The molecule has 5 nitrogen and oxygen atoms in total. The molecule has 0 unspecified atom stereocenters. The highest BCUT2D eigenvalue weighted by Crippen LogP contribution is 2.23. The van der Waals surface area contributed by atoms with E-state index in [0.717, 1.165) is 17.5 Å². The van der Waals surface area contributed by atoms with Crippen LogP contribution in [0.5, 0.6) is 0 Å². The van der Waals surface area contributed by atoms with Crippen LogP contribution in [0.25, 0.3) is 16.6 Å². The van der Waals surface area contributed by atoms with Gasteiger partial charge in [0.05, 0.1) is 17.6 Å². The molecule has 3 aromatic rings. The number of nitrogens with zero attached hydrogens (tertiary/aromatic N) is 4. The van der Waals surface area contributed by atoms with E-state index in [-0.39, 0.29) is 17.3 Å². The Morgan fingerprint density at radius 3 is 2.40 bits per heavy atom. The van der Waals surface area contributed by atoms with Crippen molar-refractivity contribution in [2.45, 2.75) is 46.6 Å². The summed E-state index contributed by atoms with van der Waals surface area (Å²) in [6.45, 7) is 8.91. The van der Waals surface area contributed by atoms with Gasteiger partial charge in [0.2, 0.25) is 0 Å². The van der Waals surface area contributed by atoms with Crippen molar-refractivity contribution >= 4 is 10.9 Å². The van der Waals surface area contributed by atoms with Crippen molar-refractivity contribution in [3.63, 3.8) is 0 Å². The summed E-state index contributed by atoms with van der Waals surface area (Å²) in [5.41, 5.74) is 1.84. The average molecular weight is 342 g/mol. The van der Waals surface area contributed by atoms with Gasteiger partial charge in [-0.25, -0.2) is 13.8 Å². The fourth-order valence-electron chi connectivity index (χ4n) is 2.83. The quantitative estimate of drug-likeness (QED) is 0.707. The van der Waals surface area contributed by atoms with Gasteiger partial charge in [0, 0.05) is 11.9 Å². The van der Waals surface area contributed by atoms with Crippen LogP contribution in [0.15, 0.2) is 35.3 Å². The van der Waals surface area contributed by atoms with Gasteiger partial charge in [0.1, 0.15) is 11.3 Å². The maximum Gasteiger partial charge on any atom is 0.293 e. The number of aryl methyl sites for hydroxylation is 1. The summed E-state index contributed by atoms with van der Waals surface area (Å²) in [5.74, 6) is 0.326. The average Bonchev–Trinajstić information content (AvgIpc) is 3.00. The first kappa shape index (κ1) is 17.3. The summed E-state index contributed by atoms with van der Waals surface area (Å²) >= 11 is 0. The number of aromatic nitrogens is 4. The van der Waals surface area contributed by atoms with Crippen LogP contribution >= 0.6 is 0 Å². The summed E-state index contributed by atoms with van der Waals surface area (Å²) in [6.07, 6.45) is 2.55. The van der Waals surface area contributed by atoms with E-state index in [1.54, 1.807) is 27.7 Å². The molecular weight excluding hydrogens is 319 g/mol. The predicted octanol–water partition coefficient (Wildman–Crippen LogP) is 3.89. The molecule has 3 rings (SSSR count). The van der Waals surface area contributed by atoms with Crippen LogP contribution in [0.4, 0.5) is 4.39 Å². The standard InChI is InChI=1S/C19H23FN4O/c1-12(2)9-10-23-19(25)18-16(17(22-23)13(3)4)11-21-24(18)15-7-5-14(20)6-8-15/h5-8,11-13H,9-10H2,1-4H3. The molecule has 0 spiro atoms. The Balaban J connectivity index is 2.23. The molecule has 0 aliphatic heterocycles. The van der Waals surface area contributed by atoms with E-state index in [9.17, 15) is 9.18 Å². The molecule has 2 aromatic heterocycles. The molecule has 0 fully saturated rings. The van der Waals surface area contributed by atoms with Crippen LogP contribution in [-0.2, 0) is 6.54 Å². The zero-order valence-electron chi connectivity index (χ0n) is 15.0. The molecular formula is C19H23FN4O. The second-order valence-corrected chi connectivity index (χ2v) is 7.05. The molecule has 0 saturated carbocycles. The lowest BCUT2D eigenvalue weighted by Gasteiger charge is -2.13. The SMILES string of the molecule is CC(C)CCn1nc(C(C)C)c2cnn(-c3ccc(F)cc3)c2c1=O. The number of hydrogen-bond donors (Lipinski definition) is 0. The molecule has 0 aliphatic carbocycles. The third-order valence-electron chi connectivity index (χ3n) is 4.25. The van der Waals surface area contributed by atoms with E-state index in [1.807, 2.05) is 13.8 Å². The summed E-state index contributed by atoms with van der Waals surface area (Å²) in [5, 5.41) is 9.71. The number of rotatable bonds is 5. The normalized spacial score (nSPS) is 11.8. The van der Waals surface area contributed by atoms with Crippen molar-refractivity contribution in [2.24, 2.45) is 5.92 Å². The zero-order valence-corrected chi connectivity index (χ0v) is 15.0. The second kappa shape index (κ2) is 6.78. The third-order valence-corrected chi connectivity index (χ3v) is 4.25. The van der Waals surface area contributed by atoms with Crippen LogP contribution in [0, 0.1) is 11.7 Å². The Hall–Kier alpha value is -2.50. The minimum atomic E-state index is -0.320. The first-order chi connectivity index (χ1) is 11.9. The fourth-order valence-corrected chi connectivity index (χ4v) is 2.83. The molecule has 0 saturated heterocycles. The van der Waals surface area contributed by atoms with Crippen molar-refractivity contribution in [1.29, 1.82) is 0 Å². The zero-order chi connectivity index (χ0) is 18.1. The highest BCUT2D eigenvalue weighted by atomic mass is 19.1. The first-order valence-electron chi connectivity index (χ1n) is 8.63. The van der Waals surface area contributed by atoms with Gasteiger partial charge in [0.25, 0.3) is 5.56 Å². The molecule has 0 atom stereocenters. The van der Waals surface area contributed by atoms with Gasteiger partial charge < -0.3 is 0 Å². The molecule has 0 radical (unpaired) electrons. The van der Waals surface area contributed by atoms with Gasteiger partial charge in [-0.2, -0.15) is 10.2 Å². The highest BCUT2D eigenvalue weighted by Gasteiger charge is 2.18. The van der Waals surface area contributed by atoms with Gasteiger partial charge in [-0.3, -0.25) is 4.79 Å². The van der Waals surface area contributed by atoms with Crippen molar-refractivity contribution < 1.29 is 4.39 Å². The van der Waals surface area contributed by atoms with E-state index in [0.29, 0.717) is 23.7 Å². The lowest BCUT2D eigenvalue weighted by atomic mass is 10.1. The second-order valence-electron chi connectivity index (χ2n) is 7.05. The fraction of sp³-hybridized carbons (Fsp3) is 0.421. The van der Waals surface area contributed by atoms with Gasteiger partial charge in [-0.15, -0.1) is 0 Å². The van der Waals surface area contributed by atoms with Crippen LogP contribution in [0.1, 0.15) is 45.7 Å². The van der Waals surface area contributed by atoms with Crippen LogP contribution in [0.2, 0.25) is 0 Å². The van der Waals surface area contributed by atoms with Crippen molar-refractivity contribution in [1.82, 2.24) is 19.6 Å². The van der Waals surface area contributed by atoms with Crippen molar-refractivity contribution in [3.8, 4) is 5.69 Å². The van der Waals surface area contributed by atoms with E-state index >= 15 is 0 Å². The monoisotopic (exact) mass is 342 g/mol. The number of fused-ring (bicyclic) bond motifs is 1. The van der Waals surface area contributed by atoms with E-state index < -0.39 is 0 Å². The Morgan fingerprint density at radius 2 is 1.80 bits per heavy atom. The maximum atomic E-state index is 13.2. The Kier molecular flexibility index (Phi) is 4.70. The summed E-state index contributed by atoms with van der Waals surface area (Å²) in [4.78, 5) is 13.0. The lowest BCUT2D eigenvalue weighted by molar-refractivity contribution is 0.467. The lowest BCUT2D eigenvalue weighted by Crippen LogP contribution is -2.27. The minimum absolute atomic E-state index is 0.165. The summed E-state index contributed by atoms with van der Waals surface area (Å²) < 4.78 is 16.3. The topological polar surface area (TPSA) is 52.7 Å². The molecule has 0 aliphatic rings. The molecule has 2 heterocycles. The van der Waals surface area contributed by atoms with E-state index in [4.69, 9.17) is 0 Å². The van der Waals surface area contributed by atoms with Gasteiger partial charge in [-0.1, -0.05) is 27.7 Å². The predicted molar refractivity (Wildman–Crippen MR) is 96.6 cm³/mol. The third kappa shape index (κ3) is 3.34. The van der Waals surface area contributed by atoms with E-state index in [2.05, 4.69) is 24.0 Å². The molecule has 6 heteroatoms. The number of benzene rings is 1. The molecule has 25 heavy (non-hydrogen) atoms. The van der Waals surface area contributed by atoms with E-state index in [1.165, 1.54) is 12.1 Å². The molecule has 132 valence electrons. The molecule has 0 amide bonds. The van der Waals surface area contributed by atoms with Crippen LogP contribution in [-0.4, -0.2) is 19.6 Å². The summed E-state index contributed by atoms with van der Waals surface area (Å²) in [7, 11) is 0. The minimum Gasteiger partial charge on any atom is -0.265 e. The molecule has 0 bridgehead atoms. The van der Waals surface area contributed by atoms with Gasteiger partial charge in [0.15, 0.2) is 0 Å². The Bertz CT molecular complexity index is 938. The maximum absolute atomic E-state index is 13.2. The Labute approximate surface area is 146 Å². The van der Waals surface area contributed by atoms with Crippen LogP contribution < -0.4 is 5.56 Å². The largest absolute Gasteiger partial charge is 0.293 e. The number of hydrogen-bond acceptors (Lipinski definition) is 3. The Morgan fingerprint density at radius 1 is 1.12 bits per heavy atom. The molecule has 0 N–H and O–H groups in total. The van der Waals surface area contributed by atoms with Crippen molar-refractivity contribution in [3.05, 3.63) is 52.3 Å².